The number of aromatic nitrogens is 16. The predicted octanol–water partition coefficient (Wildman–Crippen LogP) is 29.3. The molecule has 0 radical (unpaired) electrons. The fourth-order valence-electron chi connectivity index (χ4n) is 22.0. The number of nitrogens with one attached hydrogen (secondary N) is 4. The molecule has 0 aliphatic carbocycles. The molecule has 0 aromatic carbocycles. The Balaban J connectivity index is 0.730. The summed E-state index contributed by atoms with van der Waals surface area (Å²) in [7, 11) is 0. The van der Waals surface area contributed by atoms with Crippen LogP contribution < -0.4 is 0 Å². The Morgan fingerprint density at radius 2 is 0.599 bits per heavy atom. The van der Waals surface area contributed by atoms with Gasteiger partial charge < -0.3 is 48.0 Å². The third kappa shape index (κ3) is 26.1. The van der Waals surface area contributed by atoms with Crippen LogP contribution >= 0.6 is 0 Å². The highest BCUT2D eigenvalue weighted by Gasteiger charge is 2.32. The van der Waals surface area contributed by atoms with Crippen LogP contribution in [0.15, 0.2) is 183 Å². The summed E-state index contributed by atoms with van der Waals surface area (Å²) in [5.41, 5.74) is 28.3. The summed E-state index contributed by atoms with van der Waals surface area (Å²) < 4.78 is 31.0. The maximum absolute atomic E-state index is 6.54. The van der Waals surface area contributed by atoms with E-state index in [-0.39, 0.29) is 21.7 Å². The normalized spacial score (nSPS) is 16.6. The van der Waals surface area contributed by atoms with E-state index < -0.39 is 0 Å². The van der Waals surface area contributed by atoms with Crippen LogP contribution in [0.2, 0.25) is 0 Å². The van der Waals surface area contributed by atoms with Crippen molar-refractivity contribution in [2.24, 2.45) is 57.2 Å². The molecule has 18 heterocycles. The van der Waals surface area contributed by atoms with Gasteiger partial charge in [-0.25, -0.2) is 29.9 Å². The number of hydrogen-bond acceptors (Lipinski definition) is 14. The minimum absolute atomic E-state index is 0.170. The fourth-order valence-corrected chi connectivity index (χ4v) is 22.0. The summed E-state index contributed by atoms with van der Waals surface area (Å²) in [5, 5.41) is 0. The third-order valence-corrected chi connectivity index (χ3v) is 28.2. The molecule has 0 amide bonds. The van der Waals surface area contributed by atoms with Crippen LogP contribution in [0.5, 0.6) is 0 Å². The van der Waals surface area contributed by atoms with E-state index in [0.29, 0.717) is 114 Å². The van der Waals surface area contributed by atoms with E-state index in [4.69, 9.17) is 58.8 Å². The van der Waals surface area contributed by atoms with Gasteiger partial charge in [0.25, 0.3) is 0 Å². The van der Waals surface area contributed by atoms with Crippen LogP contribution in [-0.2, 0) is 57.7 Å². The molecule has 18 rings (SSSR count). The summed E-state index contributed by atoms with van der Waals surface area (Å²) in [4.78, 5) is 69.1. The number of fused-ring (bicyclic) bond motifs is 24. The first-order valence-electron chi connectivity index (χ1n) is 52.2. The third-order valence-electron chi connectivity index (χ3n) is 28.2. The Hall–Kier alpha value is -12.5. The van der Waals surface area contributed by atoms with Crippen molar-refractivity contribution in [3.63, 3.8) is 0 Å². The van der Waals surface area contributed by atoms with Crippen molar-refractivity contribution < 1.29 is 18.9 Å². The van der Waals surface area contributed by atoms with Gasteiger partial charge in [0.05, 0.1) is 117 Å². The van der Waals surface area contributed by atoms with E-state index in [1.54, 1.807) is 0 Å². The maximum Gasteiger partial charge on any atom is 0.144 e. The number of aryl methyl sites for hydroxylation is 4. The molecule has 6 aliphatic heterocycles. The van der Waals surface area contributed by atoms with Gasteiger partial charge in [-0.05, 0) is 281 Å². The van der Waals surface area contributed by atoms with Crippen molar-refractivity contribution in [2.75, 3.05) is 52.9 Å². The van der Waals surface area contributed by atoms with Gasteiger partial charge >= 0.3 is 0 Å². The number of nitrogens with zero attached hydrogens (tertiary/aromatic N) is 12. The average molecular weight is 1900 g/mol. The highest BCUT2D eigenvalue weighted by atomic mass is 16.5. The van der Waals surface area contributed by atoms with Crippen molar-refractivity contribution >= 4 is 92.7 Å². The molecule has 20 bridgehead atoms. The molecule has 142 heavy (non-hydrogen) atoms. The lowest BCUT2D eigenvalue weighted by Crippen LogP contribution is -2.24. The van der Waals surface area contributed by atoms with Crippen molar-refractivity contribution in [1.29, 1.82) is 0 Å². The van der Waals surface area contributed by atoms with Gasteiger partial charge in [0.2, 0.25) is 0 Å². The first-order chi connectivity index (χ1) is 68.5. The van der Waals surface area contributed by atoms with E-state index in [9.17, 15) is 0 Å². The first kappa shape index (κ1) is 101. The summed E-state index contributed by atoms with van der Waals surface area (Å²) in [6.45, 7) is 43.8. The van der Waals surface area contributed by atoms with Gasteiger partial charge in [-0.2, -0.15) is 0 Å². The zero-order valence-electron chi connectivity index (χ0n) is 86.8. The predicted molar refractivity (Wildman–Crippen MR) is 586 cm³/mol. The summed E-state index contributed by atoms with van der Waals surface area (Å²) in [6, 6.07) is 37.9. The van der Waals surface area contributed by atoms with Crippen molar-refractivity contribution in [1.82, 2.24) is 78.9 Å². The molecule has 20 nitrogen and oxygen atoms in total. The molecule has 6 atom stereocenters. The minimum Gasteiger partial charge on any atom is -0.377 e. The quantitative estimate of drug-likeness (QED) is 0.0462. The number of aromatic amines is 4. The highest BCUT2D eigenvalue weighted by Crippen LogP contribution is 2.44. The van der Waals surface area contributed by atoms with Gasteiger partial charge in [0.1, 0.15) is 11.6 Å². The monoisotopic (exact) mass is 1900 g/mol. The molecule has 12 aromatic heterocycles. The minimum atomic E-state index is 0.170. The largest absolute Gasteiger partial charge is 0.377 e. The summed E-state index contributed by atoms with van der Waals surface area (Å²) >= 11 is 0. The Morgan fingerprint density at radius 1 is 0.303 bits per heavy atom. The molecule has 20 heteroatoms. The van der Waals surface area contributed by atoms with Crippen molar-refractivity contribution in [3.8, 4) is 67.8 Å². The topological polar surface area (TPSA) is 239 Å². The van der Waals surface area contributed by atoms with Gasteiger partial charge in [-0.1, -0.05) is 172 Å². The van der Waals surface area contributed by atoms with Crippen LogP contribution in [-0.4, -0.2) is 132 Å². The maximum atomic E-state index is 6.54. The lowest BCUT2D eigenvalue weighted by molar-refractivity contribution is 0.151. The van der Waals surface area contributed by atoms with Crippen molar-refractivity contribution in [3.05, 3.63) is 251 Å². The Labute approximate surface area is 840 Å². The summed E-state index contributed by atoms with van der Waals surface area (Å²) in [5.74, 6) is 4.73. The lowest BCUT2D eigenvalue weighted by Gasteiger charge is -2.32. The SMILES string of the molecule is CC(CCC(Cn1ccnc1-c1c2nc(c3c4ccc([nH]4)c(-c4ccc(-c5ccccn5)nc4)c4nc(c(c5ccc1[nH]5)CCCOC/C=C/COCCCc1c5nc(c(-c6nccn6CC(CCC(C)CC(C)(C)C)C(C)CC(C)(C)C)c6ccc([nH]6)c(c6nc(c(-c7ccc(-c8ccccn8)nc7)c7ccc1[nH]7)C=C6)CCCOC/C=C/COCCC3)C=C5)C=C4)C=C2)C(C)CC(C)(C)C)CC(C)(C)C. The zero-order valence-corrected chi connectivity index (χ0v) is 86.8. The van der Waals surface area contributed by atoms with Gasteiger partial charge in [0.15, 0.2) is 0 Å². The first-order valence-corrected chi connectivity index (χ1v) is 52.2. The van der Waals surface area contributed by atoms with Crippen LogP contribution in [0, 0.1) is 57.2 Å². The second-order valence-corrected chi connectivity index (χ2v) is 45.1. The van der Waals surface area contributed by atoms with Crippen LogP contribution in [0.4, 0.5) is 0 Å². The molecular formula is C122H148N16O4. The molecular weight excluding hydrogens is 1750 g/mol. The van der Waals surface area contributed by atoms with E-state index in [0.717, 1.165) is 244 Å². The molecule has 6 aliphatic rings. The molecule has 0 fully saturated rings. The van der Waals surface area contributed by atoms with Gasteiger partial charge in [0, 0.05) is 167 Å². The standard InChI is InChI=1S/C122H148N16O4/c1-81(73-119(5,6)7)35-37-87(83(3)75-121(11,12)13)79-137-63-61-125-117(137)115-109-55-47-97(133-109)89-29-25-69-139-65-21-23-67-141-71-27-31-91-95-45-53-107(131-95)114(86-40-42-104(128-78-86)102-34-18-20-60-124-102)108-54-46-96(132-108)92(100-50-58-112(136-100)116(111-57-49-99(91)135-111)118-126-62-64-138(118)80-88(84(4)76-122(14,15)16)38-36-82(2)74-120(8,9)10)32-28-72-142-68-24-22-66-140-70-26-30-90(98-48-56-110(115)134-98)94-44-52-106(130-94)113(105-51-43-93(89)129-105)85-39-41-103(127-77-85)101-33-17-19-59-123-101/h17-24,33-34,39-64,77-78,81-84,87-88,129,132,134-135H,25-32,35-38,65-76,79-80H2,1-16H3/b23-21+,24-22+,93-89?,94-90?,95-91?,96-92?,97-89?,98-90?,99-91?,100-92?,113-105?,113-106?,114-107?,114-108?,115-109?,115-110?,116-111?,116-112?. The second-order valence-electron chi connectivity index (χ2n) is 45.1. The van der Waals surface area contributed by atoms with Crippen LogP contribution in [0.25, 0.3) is 161 Å². The van der Waals surface area contributed by atoms with Gasteiger partial charge in [-0.15, -0.1) is 0 Å². The Kier molecular flexibility index (Phi) is 32.6. The Morgan fingerprint density at radius 3 is 0.894 bits per heavy atom. The van der Waals surface area contributed by atoms with E-state index in [1.165, 1.54) is 25.7 Å². The molecule has 740 valence electrons. The highest BCUT2D eigenvalue weighted by molar-refractivity contribution is 5.96. The number of imidazole rings is 2. The lowest BCUT2D eigenvalue weighted by atomic mass is 9.76. The molecule has 0 saturated heterocycles. The van der Waals surface area contributed by atoms with Gasteiger partial charge in [-0.3, -0.25) is 19.9 Å². The number of ether oxygens (including phenoxy) is 4. The van der Waals surface area contributed by atoms with Crippen LogP contribution in [0.3, 0.4) is 0 Å². The number of rotatable bonds is 22. The second kappa shape index (κ2) is 45.9. The number of hydrogen-bond donors (Lipinski definition) is 4. The smallest absolute Gasteiger partial charge is 0.144 e. The fraction of sp³-hybridized carbons (Fsp3) is 0.426. The van der Waals surface area contributed by atoms with E-state index in [2.05, 4.69) is 308 Å². The van der Waals surface area contributed by atoms with E-state index >= 15 is 0 Å². The average Bonchev–Trinajstić information content (AvgIpc) is 1.62. The Bertz CT molecular complexity index is 6440. The summed E-state index contributed by atoms with van der Waals surface area (Å²) in [6.07, 6.45) is 56.5. The molecule has 12 aromatic rings. The van der Waals surface area contributed by atoms with E-state index in [1.807, 2.05) is 73.6 Å². The molecule has 6 unspecified atom stereocenters. The number of pyridine rings is 4. The zero-order chi connectivity index (χ0) is 99.1. The molecule has 0 saturated carbocycles. The molecule has 4 N–H and O–H groups in total. The molecule has 0 spiro atoms. The number of H-pyrrole nitrogens is 4. The van der Waals surface area contributed by atoms with Crippen LogP contribution in [0.1, 0.15) is 256 Å². The van der Waals surface area contributed by atoms with Crippen molar-refractivity contribution in [2.45, 2.75) is 227 Å².